The highest BCUT2D eigenvalue weighted by Crippen LogP contribution is 2.25. The molecule has 2 saturated heterocycles. The maximum atomic E-state index is 12.4. The predicted octanol–water partition coefficient (Wildman–Crippen LogP) is 3.65. The van der Waals surface area contributed by atoms with E-state index in [2.05, 4.69) is 20.4 Å². The molecule has 2 fully saturated rings. The highest BCUT2D eigenvalue weighted by molar-refractivity contribution is 5.90. The Morgan fingerprint density at radius 2 is 1.97 bits per heavy atom. The first kappa shape index (κ1) is 25.2. The van der Waals surface area contributed by atoms with Crippen LogP contribution in [0.5, 0.6) is 5.75 Å². The summed E-state index contributed by atoms with van der Waals surface area (Å²) in [6, 6.07) is 9.63. The van der Waals surface area contributed by atoms with Gasteiger partial charge in [-0.1, -0.05) is 0 Å². The van der Waals surface area contributed by atoms with Gasteiger partial charge in [-0.25, -0.2) is 0 Å². The van der Waals surface area contributed by atoms with E-state index < -0.39 is 0 Å². The van der Waals surface area contributed by atoms with Crippen molar-refractivity contribution >= 4 is 17.6 Å². The van der Waals surface area contributed by atoms with Gasteiger partial charge in [0, 0.05) is 45.5 Å². The Kier molecular flexibility index (Phi) is 9.14. The van der Waals surface area contributed by atoms with Gasteiger partial charge in [-0.05, 0) is 75.0 Å². The number of H-pyrrole nitrogens is 1. The molecule has 1 unspecified atom stereocenters. The number of hydrogen-bond donors (Lipinski definition) is 2. The number of ether oxygens (including phenoxy) is 2. The van der Waals surface area contributed by atoms with Crippen LogP contribution in [0.25, 0.3) is 11.3 Å². The maximum absolute atomic E-state index is 12.4. The second kappa shape index (κ2) is 12.7. The molecule has 1 aromatic carbocycles. The second-order valence-corrected chi connectivity index (χ2v) is 9.31. The van der Waals surface area contributed by atoms with Gasteiger partial charge in [0.05, 0.1) is 12.3 Å². The lowest BCUT2D eigenvalue weighted by Crippen LogP contribution is -2.34. The third kappa shape index (κ3) is 7.80. The average Bonchev–Trinajstić information content (AvgIpc) is 3.18. The fourth-order valence-electron chi connectivity index (χ4n) is 4.54. The van der Waals surface area contributed by atoms with Crippen LogP contribution in [0.15, 0.2) is 30.3 Å². The first-order valence-corrected chi connectivity index (χ1v) is 12.8. The van der Waals surface area contributed by atoms with E-state index in [4.69, 9.17) is 9.47 Å². The molecule has 0 saturated carbocycles. The van der Waals surface area contributed by atoms with Crippen LogP contribution < -0.4 is 10.1 Å². The van der Waals surface area contributed by atoms with E-state index in [0.29, 0.717) is 12.2 Å². The van der Waals surface area contributed by atoms with Crippen LogP contribution >= 0.6 is 0 Å². The van der Waals surface area contributed by atoms with E-state index in [1.807, 2.05) is 35.2 Å². The molecule has 190 valence electrons. The minimum absolute atomic E-state index is 0.0297. The van der Waals surface area contributed by atoms with Crippen molar-refractivity contribution in [1.29, 1.82) is 0 Å². The van der Waals surface area contributed by atoms with Gasteiger partial charge in [0.15, 0.2) is 12.1 Å². The SMILES string of the molecule is CC(=O)N1CCCN(CCCCC(=O)Nc2cc(-c3ccc(OC4CCCCO4)cc3)[nH]n2)CC1. The number of aromatic nitrogens is 2. The zero-order valence-electron chi connectivity index (χ0n) is 20.6. The van der Waals surface area contributed by atoms with Gasteiger partial charge >= 0.3 is 0 Å². The molecule has 2 amide bonds. The standard InChI is InChI=1S/C26H37N5O4/c1-20(32)31-15-6-14-30(16-17-31)13-4-2-7-25(33)27-24-19-23(28-29-24)21-9-11-22(12-10-21)35-26-8-3-5-18-34-26/h9-12,19,26H,2-8,13-18H2,1H3,(H2,27,28,29,33). The van der Waals surface area contributed by atoms with Gasteiger partial charge in [0.25, 0.3) is 0 Å². The minimum atomic E-state index is -0.162. The van der Waals surface area contributed by atoms with Crippen molar-refractivity contribution in [2.75, 3.05) is 44.6 Å². The molecule has 4 rings (SSSR count). The first-order valence-electron chi connectivity index (χ1n) is 12.8. The van der Waals surface area contributed by atoms with E-state index >= 15 is 0 Å². The quantitative estimate of drug-likeness (QED) is 0.528. The summed E-state index contributed by atoms with van der Waals surface area (Å²) in [4.78, 5) is 28.2. The number of aromatic amines is 1. The van der Waals surface area contributed by atoms with Crippen molar-refractivity contribution in [3.05, 3.63) is 30.3 Å². The summed E-state index contributed by atoms with van der Waals surface area (Å²) in [5.41, 5.74) is 1.80. The maximum Gasteiger partial charge on any atom is 0.225 e. The summed E-state index contributed by atoms with van der Waals surface area (Å²) in [6.07, 6.45) is 6.23. The molecule has 0 bridgehead atoms. The van der Waals surface area contributed by atoms with Crippen LogP contribution in [0.4, 0.5) is 5.82 Å². The number of nitrogens with zero attached hydrogens (tertiary/aromatic N) is 3. The average molecular weight is 484 g/mol. The molecule has 3 heterocycles. The van der Waals surface area contributed by atoms with E-state index in [1.54, 1.807) is 6.92 Å². The van der Waals surface area contributed by atoms with Crippen molar-refractivity contribution in [2.24, 2.45) is 0 Å². The van der Waals surface area contributed by atoms with Gasteiger partial charge in [0.2, 0.25) is 11.8 Å². The van der Waals surface area contributed by atoms with Crippen LogP contribution in [-0.2, 0) is 14.3 Å². The highest BCUT2D eigenvalue weighted by atomic mass is 16.7. The van der Waals surface area contributed by atoms with E-state index in [-0.39, 0.29) is 18.1 Å². The number of carbonyl (C=O) groups is 2. The van der Waals surface area contributed by atoms with Crippen molar-refractivity contribution in [2.45, 2.75) is 58.2 Å². The Labute approximate surface area is 207 Å². The van der Waals surface area contributed by atoms with Crippen molar-refractivity contribution in [3.63, 3.8) is 0 Å². The van der Waals surface area contributed by atoms with Crippen molar-refractivity contribution < 1.29 is 19.1 Å². The summed E-state index contributed by atoms with van der Waals surface area (Å²) in [5.74, 6) is 1.43. The molecule has 2 aliphatic heterocycles. The van der Waals surface area contributed by atoms with Crippen LogP contribution in [0.2, 0.25) is 0 Å². The van der Waals surface area contributed by atoms with Gasteiger partial charge in [-0.2, -0.15) is 5.10 Å². The smallest absolute Gasteiger partial charge is 0.225 e. The van der Waals surface area contributed by atoms with E-state index in [0.717, 1.165) is 94.9 Å². The Morgan fingerprint density at radius 3 is 2.74 bits per heavy atom. The molecule has 2 aromatic rings. The summed E-state index contributed by atoms with van der Waals surface area (Å²) in [7, 11) is 0. The molecule has 2 N–H and O–H groups in total. The molecule has 0 spiro atoms. The lowest BCUT2D eigenvalue weighted by Gasteiger charge is -2.23. The molecular formula is C26H37N5O4. The van der Waals surface area contributed by atoms with Crippen LogP contribution in [0.1, 0.15) is 51.9 Å². The number of unbranched alkanes of at least 4 members (excludes halogenated alkanes) is 1. The number of nitrogens with one attached hydrogen (secondary N) is 2. The van der Waals surface area contributed by atoms with Crippen LogP contribution in [0, 0.1) is 0 Å². The van der Waals surface area contributed by atoms with E-state index in [9.17, 15) is 9.59 Å². The second-order valence-electron chi connectivity index (χ2n) is 9.31. The molecule has 9 nitrogen and oxygen atoms in total. The Hall–Kier alpha value is -2.91. The van der Waals surface area contributed by atoms with Crippen LogP contribution in [-0.4, -0.2) is 77.4 Å². The number of rotatable bonds is 9. The lowest BCUT2D eigenvalue weighted by atomic mass is 10.1. The first-order chi connectivity index (χ1) is 17.1. The Morgan fingerprint density at radius 1 is 1.11 bits per heavy atom. The summed E-state index contributed by atoms with van der Waals surface area (Å²) < 4.78 is 11.5. The number of hydrogen-bond acceptors (Lipinski definition) is 6. The lowest BCUT2D eigenvalue weighted by molar-refractivity contribution is -0.128. The fourth-order valence-corrected chi connectivity index (χ4v) is 4.54. The minimum Gasteiger partial charge on any atom is -0.465 e. The number of benzene rings is 1. The Bertz CT molecular complexity index is 955. The number of amides is 2. The van der Waals surface area contributed by atoms with Crippen molar-refractivity contribution in [1.82, 2.24) is 20.0 Å². The molecule has 2 aliphatic rings. The van der Waals surface area contributed by atoms with Gasteiger partial charge in [0.1, 0.15) is 5.75 Å². The largest absolute Gasteiger partial charge is 0.465 e. The third-order valence-electron chi connectivity index (χ3n) is 6.58. The topological polar surface area (TPSA) is 99.8 Å². The molecule has 1 atom stereocenters. The fraction of sp³-hybridized carbons (Fsp3) is 0.577. The van der Waals surface area contributed by atoms with Crippen LogP contribution in [0.3, 0.4) is 0 Å². The van der Waals surface area contributed by atoms with Crippen molar-refractivity contribution in [3.8, 4) is 17.0 Å². The zero-order chi connectivity index (χ0) is 24.5. The number of anilines is 1. The Balaban J connectivity index is 1.16. The summed E-state index contributed by atoms with van der Waals surface area (Å²) in [5, 5.41) is 10.1. The number of carbonyl (C=O) groups excluding carboxylic acids is 2. The van der Waals surface area contributed by atoms with Gasteiger partial charge < -0.3 is 24.6 Å². The molecule has 1 aromatic heterocycles. The molecular weight excluding hydrogens is 446 g/mol. The summed E-state index contributed by atoms with van der Waals surface area (Å²) in [6.45, 7) is 6.89. The summed E-state index contributed by atoms with van der Waals surface area (Å²) >= 11 is 0. The highest BCUT2D eigenvalue weighted by Gasteiger charge is 2.17. The van der Waals surface area contributed by atoms with E-state index in [1.165, 1.54) is 0 Å². The molecule has 0 aliphatic carbocycles. The van der Waals surface area contributed by atoms with Gasteiger partial charge in [-0.3, -0.25) is 14.7 Å². The zero-order valence-corrected chi connectivity index (χ0v) is 20.6. The monoisotopic (exact) mass is 483 g/mol. The third-order valence-corrected chi connectivity index (χ3v) is 6.58. The molecule has 35 heavy (non-hydrogen) atoms. The normalized spacial score (nSPS) is 19.2. The van der Waals surface area contributed by atoms with Gasteiger partial charge in [-0.15, -0.1) is 0 Å². The predicted molar refractivity (Wildman–Crippen MR) is 134 cm³/mol. The molecule has 9 heteroatoms. The molecule has 0 radical (unpaired) electrons.